The van der Waals surface area contributed by atoms with Gasteiger partial charge < -0.3 is 15.0 Å². The van der Waals surface area contributed by atoms with Crippen LogP contribution in [0.2, 0.25) is 0 Å². The van der Waals surface area contributed by atoms with Crippen molar-refractivity contribution in [2.24, 2.45) is 5.41 Å². The Kier molecular flexibility index (Phi) is 4.49. The summed E-state index contributed by atoms with van der Waals surface area (Å²) in [5.74, 6) is 0.471. The Morgan fingerprint density at radius 2 is 2.08 bits per heavy atom. The molecule has 24 heavy (non-hydrogen) atoms. The Balaban J connectivity index is 1.33. The fourth-order valence-corrected chi connectivity index (χ4v) is 4.71. The van der Waals surface area contributed by atoms with Crippen LogP contribution in [0.4, 0.5) is 4.79 Å². The third-order valence-corrected chi connectivity index (χ3v) is 6.27. The normalized spacial score (nSPS) is 25.5. The highest BCUT2D eigenvalue weighted by atomic mass is 16.5. The Labute approximate surface area is 144 Å². The molecule has 1 unspecified atom stereocenters. The van der Waals surface area contributed by atoms with Crippen molar-refractivity contribution in [1.82, 2.24) is 10.2 Å². The Morgan fingerprint density at radius 3 is 2.96 bits per heavy atom. The van der Waals surface area contributed by atoms with E-state index in [1.807, 2.05) is 4.90 Å². The highest BCUT2D eigenvalue weighted by Crippen LogP contribution is 2.39. The zero-order valence-electron chi connectivity index (χ0n) is 14.4. The summed E-state index contributed by atoms with van der Waals surface area (Å²) in [6.07, 6.45) is 6.93. The predicted molar refractivity (Wildman–Crippen MR) is 94.2 cm³/mol. The van der Waals surface area contributed by atoms with Gasteiger partial charge in [0.05, 0.1) is 0 Å². The quantitative estimate of drug-likeness (QED) is 0.905. The number of benzene rings is 1. The van der Waals surface area contributed by atoms with E-state index in [0.29, 0.717) is 11.3 Å². The molecule has 4 nitrogen and oxygen atoms in total. The molecule has 1 aliphatic carbocycles. The van der Waals surface area contributed by atoms with E-state index < -0.39 is 0 Å². The highest BCUT2D eigenvalue weighted by Gasteiger charge is 2.41. The molecule has 0 aromatic heterocycles. The van der Waals surface area contributed by atoms with Crippen molar-refractivity contribution in [3.63, 3.8) is 0 Å². The summed E-state index contributed by atoms with van der Waals surface area (Å²) < 4.78 is 5.49. The minimum atomic E-state index is 0.126. The Bertz CT molecular complexity index is 595. The van der Waals surface area contributed by atoms with E-state index >= 15 is 0 Å². The first-order valence-electron chi connectivity index (χ1n) is 9.44. The number of carbonyl (C=O) groups excluding carboxylic acids is 1. The molecule has 1 N–H and O–H groups in total. The maximum absolute atomic E-state index is 12.6. The fraction of sp³-hybridized carbons (Fsp3) is 0.650. The molecule has 1 atom stereocenters. The lowest BCUT2D eigenvalue weighted by Crippen LogP contribution is -2.42. The van der Waals surface area contributed by atoms with Gasteiger partial charge in [0.1, 0.15) is 0 Å². The van der Waals surface area contributed by atoms with Gasteiger partial charge in [0, 0.05) is 38.8 Å². The summed E-state index contributed by atoms with van der Waals surface area (Å²) in [4.78, 5) is 14.6. The number of nitrogens with zero attached hydrogens (tertiary/aromatic N) is 1. The molecule has 1 spiro atoms. The number of rotatable bonds is 2. The van der Waals surface area contributed by atoms with E-state index in [4.69, 9.17) is 4.74 Å². The van der Waals surface area contributed by atoms with Gasteiger partial charge in [0.15, 0.2) is 0 Å². The first-order chi connectivity index (χ1) is 11.8. The second-order valence-corrected chi connectivity index (χ2v) is 7.76. The van der Waals surface area contributed by atoms with Crippen LogP contribution < -0.4 is 5.32 Å². The van der Waals surface area contributed by atoms with Gasteiger partial charge in [-0.05, 0) is 55.1 Å². The monoisotopic (exact) mass is 328 g/mol. The molecule has 2 saturated heterocycles. The van der Waals surface area contributed by atoms with Crippen LogP contribution in [0.15, 0.2) is 24.3 Å². The molecule has 3 aliphatic rings. The maximum Gasteiger partial charge on any atom is 0.317 e. The lowest BCUT2D eigenvalue weighted by Gasteiger charge is -2.33. The molecule has 4 heteroatoms. The zero-order chi connectivity index (χ0) is 16.4. The van der Waals surface area contributed by atoms with Crippen molar-refractivity contribution < 1.29 is 9.53 Å². The van der Waals surface area contributed by atoms with Crippen LogP contribution in [0.25, 0.3) is 0 Å². The summed E-state index contributed by atoms with van der Waals surface area (Å²) in [7, 11) is 0. The molecule has 0 saturated carbocycles. The summed E-state index contributed by atoms with van der Waals surface area (Å²) in [6.45, 7) is 4.28. The SMILES string of the molecule is O=C(NCC1CCCc2ccccc21)N1CCC2(CCOCC2)C1. The maximum atomic E-state index is 12.6. The zero-order valence-corrected chi connectivity index (χ0v) is 14.4. The molecule has 1 aromatic carbocycles. The van der Waals surface area contributed by atoms with Crippen LogP contribution in [0.3, 0.4) is 0 Å². The number of carbonyl (C=O) groups is 1. The second kappa shape index (κ2) is 6.75. The first-order valence-corrected chi connectivity index (χ1v) is 9.44. The minimum absolute atomic E-state index is 0.126. The molecule has 2 amide bonds. The summed E-state index contributed by atoms with van der Waals surface area (Å²) in [5, 5.41) is 3.21. The Hall–Kier alpha value is -1.55. The average Bonchev–Trinajstić information content (AvgIpc) is 3.03. The van der Waals surface area contributed by atoms with E-state index in [-0.39, 0.29) is 6.03 Å². The number of likely N-dealkylation sites (tertiary alicyclic amines) is 1. The number of nitrogens with one attached hydrogen (secondary N) is 1. The van der Waals surface area contributed by atoms with E-state index in [0.717, 1.165) is 52.1 Å². The number of hydrogen-bond acceptors (Lipinski definition) is 2. The summed E-state index contributed by atoms with van der Waals surface area (Å²) in [6, 6.07) is 8.84. The third-order valence-electron chi connectivity index (χ3n) is 6.27. The predicted octanol–water partition coefficient (Wildman–Crippen LogP) is 3.32. The van der Waals surface area contributed by atoms with Crippen LogP contribution in [0.5, 0.6) is 0 Å². The van der Waals surface area contributed by atoms with Crippen LogP contribution >= 0.6 is 0 Å². The molecule has 0 bridgehead atoms. The van der Waals surface area contributed by atoms with Gasteiger partial charge in [-0.15, -0.1) is 0 Å². The lowest BCUT2D eigenvalue weighted by molar-refractivity contribution is 0.0208. The lowest BCUT2D eigenvalue weighted by atomic mass is 9.80. The fourth-order valence-electron chi connectivity index (χ4n) is 4.71. The molecular weight excluding hydrogens is 300 g/mol. The standard InChI is InChI=1S/C20H28N2O2/c23-19(22-11-8-20(15-22)9-12-24-13-10-20)21-14-17-6-3-5-16-4-1-2-7-18(16)17/h1-2,4,7,17H,3,5-6,8-15H2,(H,21,23). The molecule has 2 heterocycles. The molecule has 2 fully saturated rings. The van der Waals surface area contributed by atoms with Crippen molar-refractivity contribution >= 4 is 6.03 Å². The van der Waals surface area contributed by atoms with Crippen molar-refractivity contribution in [3.05, 3.63) is 35.4 Å². The number of fused-ring (bicyclic) bond motifs is 1. The highest BCUT2D eigenvalue weighted by molar-refractivity contribution is 5.74. The van der Waals surface area contributed by atoms with Crippen molar-refractivity contribution in [1.29, 1.82) is 0 Å². The van der Waals surface area contributed by atoms with Crippen LogP contribution in [0, 0.1) is 5.41 Å². The van der Waals surface area contributed by atoms with Crippen LogP contribution in [0.1, 0.15) is 49.1 Å². The van der Waals surface area contributed by atoms with Gasteiger partial charge in [-0.2, -0.15) is 0 Å². The van der Waals surface area contributed by atoms with Gasteiger partial charge >= 0.3 is 6.03 Å². The largest absolute Gasteiger partial charge is 0.381 e. The van der Waals surface area contributed by atoms with Gasteiger partial charge in [-0.1, -0.05) is 24.3 Å². The van der Waals surface area contributed by atoms with Gasteiger partial charge in [0.25, 0.3) is 0 Å². The molecule has 1 aromatic rings. The summed E-state index contributed by atoms with van der Waals surface area (Å²) in [5.41, 5.74) is 3.23. The molecule has 130 valence electrons. The van der Waals surface area contributed by atoms with E-state index in [2.05, 4.69) is 29.6 Å². The van der Waals surface area contributed by atoms with E-state index in [1.54, 1.807) is 0 Å². The number of amides is 2. The number of aryl methyl sites for hydroxylation is 1. The van der Waals surface area contributed by atoms with Crippen molar-refractivity contribution in [2.75, 3.05) is 32.8 Å². The summed E-state index contributed by atoms with van der Waals surface area (Å²) >= 11 is 0. The number of hydrogen-bond donors (Lipinski definition) is 1. The molecule has 2 aliphatic heterocycles. The number of ether oxygens (including phenoxy) is 1. The van der Waals surface area contributed by atoms with Gasteiger partial charge in [-0.3, -0.25) is 0 Å². The smallest absolute Gasteiger partial charge is 0.317 e. The average molecular weight is 328 g/mol. The van der Waals surface area contributed by atoms with Gasteiger partial charge in [-0.25, -0.2) is 4.79 Å². The van der Waals surface area contributed by atoms with Crippen LogP contribution in [-0.4, -0.2) is 43.8 Å². The Morgan fingerprint density at radius 1 is 1.25 bits per heavy atom. The topological polar surface area (TPSA) is 41.6 Å². The second-order valence-electron chi connectivity index (χ2n) is 7.76. The van der Waals surface area contributed by atoms with E-state index in [1.165, 1.54) is 30.4 Å². The first kappa shape index (κ1) is 15.9. The van der Waals surface area contributed by atoms with E-state index in [9.17, 15) is 4.79 Å². The minimum Gasteiger partial charge on any atom is -0.381 e. The molecule has 0 radical (unpaired) electrons. The number of urea groups is 1. The molecule has 4 rings (SSSR count). The van der Waals surface area contributed by atoms with Crippen LogP contribution in [-0.2, 0) is 11.2 Å². The van der Waals surface area contributed by atoms with Crippen molar-refractivity contribution in [2.45, 2.75) is 44.4 Å². The molecular formula is C20H28N2O2. The van der Waals surface area contributed by atoms with Crippen molar-refractivity contribution in [3.8, 4) is 0 Å². The van der Waals surface area contributed by atoms with Gasteiger partial charge in [0.2, 0.25) is 0 Å². The third kappa shape index (κ3) is 3.16.